The second kappa shape index (κ2) is 5.08. The molecule has 0 radical (unpaired) electrons. The molecule has 0 aromatic heterocycles. The SMILES string of the molecule is CNCC#Cc1cc(F)c(Br)c(F)c1. The molecule has 0 bridgehead atoms. The highest BCUT2D eigenvalue weighted by Crippen LogP contribution is 2.20. The van der Waals surface area contributed by atoms with Crippen molar-refractivity contribution in [2.24, 2.45) is 0 Å². The summed E-state index contributed by atoms with van der Waals surface area (Å²) in [5, 5.41) is 2.81. The molecule has 1 rings (SSSR count). The Morgan fingerprint density at radius 3 is 2.43 bits per heavy atom. The molecule has 4 heteroatoms. The molecular weight excluding hydrogens is 252 g/mol. The van der Waals surface area contributed by atoms with E-state index < -0.39 is 11.6 Å². The first kappa shape index (κ1) is 11.2. The monoisotopic (exact) mass is 259 g/mol. The van der Waals surface area contributed by atoms with Gasteiger partial charge in [0, 0.05) is 5.56 Å². The maximum atomic E-state index is 13.0. The van der Waals surface area contributed by atoms with E-state index in [1.807, 2.05) is 0 Å². The molecule has 0 saturated heterocycles. The molecule has 1 aromatic carbocycles. The van der Waals surface area contributed by atoms with Gasteiger partial charge in [-0.2, -0.15) is 0 Å². The molecular formula is C10H8BrF2N. The zero-order valence-corrected chi connectivity index (χ0v) is 9.08. The van der Waals surface area contributed by atoms with Gasteiger partial charge in [-0.25, -0.2) is 8.78 Å². The zero-order chi connectivity index (χ0) is 10.6. The lowest BCUT2D eigenvalue weighted by Gasteiger charge is -1.97. The maximum absolute atomic E-state index is 13.0. The number of benzene rings is 1. The van der Waals surface area contributed by atoms with Crippen molar-refractivity contribution in [1.82, 2.24) is 5.32 Å². The van der Waals surface area contributed by atoms with Crippen molar-refractivity contribution in [3.8, 4) is 11.8 Å². The molecule has 74 valence electrons. The van der Waals surface area contributed by atoms with Gasteiger partial charge in [-0.05, 0) is 35.1 Å². The summed E-state index contributed by atoms with van der Waals surface area (Å²) in [5.41, 5.74) is 0.332. The third-order valence-corrected chi connectivity index (χ3v) is 2.24. The first-order valence-electron chi connectivity index (χ1n) is 3.93. The van der Waals surface area contributed by atoms with Crippen LogP contribution in [0.4, 0.5) is 8.78 Å². The Hall–Kier alpha value is -0.920. The highest BCUT2D eigenvalue weighted by Gasteiger charge is 2.06. The quantitative estimate of drug-likeness (QED) is 0.603. The standard InChI is InChI=1S/C10H8BrF2N/c1-14-4-2-3-7-5-8(12)10(11)9(13)6-7/h5-6,14H,4H2,1H3. The lowest BCUT2D eigenvalue weighted by Crippen LogP contribution is -2.04. The summed E-state index contributed by atoms with van der Waals surface area (Å²) in [7, 11) is 1.75. The number of halogens is 3. The highest BCUT2D eigenvalue weighted by atomic mass is 79.9. The average molecular weight is 260 g/mol. The van der Waals surface area contributed by atoms with Crippen LogP contribution in [0.2, 0.25) is 0 Å². The Balaban J connectivity index is 2.97. The van der Waals surface area contributed by atoms with Crippen LogP contribution in [0.25, 0.3) is 0 Å². The van der Waals surface area contributed by atoms with Crippen LogP contribution < -0.4 is 5.32 Å². The maximum Gasteiger partial charge on any atom is 0.141 e. The summed E-state index contributed by atoms with van der Waals surface area (Å²) >= 11 is 2.78. The number of rotatable bonds is 1. The van der Waals surface area contributed by atoms with Gasteiger partial charge in [0.1, 0.15) is 11.6 Å². The van der Waals surface area contributed by atoms with Crippen LogP contribution in [0.5, 0.6) is 0 Å². The van der Waals surface area contributed by atoms with Crippen LogP contribution >= 0.6 is 15.9 Å². The molecule has 0 aliphatic rings. The first-order valence-corrected chi connectivity index (χ1v) is 4.72. The third-order valence-electron chi connectivity index (χ3n) is 1.48. The van der Waals surface area contributed by atoms with Crippen molar-refractivity contribution in [2.75, 3.05) is 13.6 Å². The third kappa shape index (κ3) is 2.79. The van der Waals surface area contributed by atoms with E-state index in [4.69, 9.17) is 0 Å². The smallest absolute Gasteiger partial charge is 0.141 e. The molecule has 1 N–H and O–H groups in total. The summed E-state index contributed by atoms with van der Waals surface area (Å²) in [6.07, 6.45) is 0. The average Bonchev–Trinajstić information content (AvgIpc) is 2.14. The van der Waals surface area contributed by atoms with Crippen LogP contribution in [0.15, 0.2) is 16.6 Å². The molecule has 14 heavy (non-hydrogen) atoms. The minimum atomic E-state index is -0.640. The van der Waals surface area contributed by atoms with Gasteiger partial charge in [0.05, 0.1) is 11.0 Å². The molecule has 0 unspecified atom stereocenters. The van der Waals surface area contributed by atoms with Gasteiger partial charge in [-0.15, -0.1) is 0 Å². The van der Waals surface area contributed by atoms with Crippen LogP contribution in [-0.2, 0) is 0 Å². The Morgan fingerprint density at radius 2 is 1.93 bits per heavy atom. The minimum absolute atomic E-state index is 0.156. The predicted octanol–water partition coefficient (Wildman–Crippen LogP) is 2.30. The molecule has 1 nitrogen and oxygen atoms in total. The summed E-state index contributed by atoms with van der Waals surface area (Å²) < 4.78 is 25.8. The summed E-state index contributed by atoms with van der Waals surface area (Å²) in [6.45, 7) is 0.485. The van der Waals surface area contributed by atoms with E-state index in [1.165, 1.54) is 12.1 Å². The van der Waals surface area contributed by atoms with E-state index in [-0.39, 0.29) is 4.47 Å². The van der Waals surface area contributed by atoms with E-state index >= 15 is 0 Å². The summed E-state index contributed by atoms with van der Waals surface area (Å²) in [5.74, 6) is 4.08. The fraction of sp³-hybridized carbons (Fsp3) is 0.200. The fourth-order valence-electron chi connectivity index (χ4n) is 0.862. The molecule has 0 heterocycles. The number of nitrogens with one attached hydrogen (secondary N) is 1. The van der Waals surface area contributed by atoms with E-state index in [9.17, 15) is 8.78 Å². The predicted molar refractivity (Wildman–Crippen MR) is 54.9 cm³/mol. The molecule has 1 aromatic rings. The second-order valence-corrected chi connectivity index (χ2v) is 3.38. The van der Waals surface area contributed by atoms with E-state index in [2.05, 4.69) is 33.1 Å². The van der Waals surface area contributed by atoms with Crippen molar-refractivity contribution < 1.29 is 8.78 Å². The second-order valence-electron chi connectivity index (χ2n) is 2.59. The Bertz CT molecular complexity index is 370. The minimum Gasteiger partial charge on any atom is -0.309 e. The molecule has 0 aliphatic heterocycles. The summed E-state index contributed by atoms with van der Waals surface area (Å²) in [4.78, 5) is 0. The normalized spacial score (nSPS) is 9.43. The van der Waals surface area contributed by atoms with Crippen LogP contribution in [0.1, 0.15) is 5.56 Å². The van der Waals surface area contributed by atoms with Gasteiger partial charge in [-0.1, -0.05) is 11.8 Å². The molecule has 0 spiro atoms. The Kier molecular flexibility index (Phi) is 4.05. The van der Waals surface area contributed by atoms with Crippen molar-refractivity contribution in [3.63, 3.8) is 0 Å². The molecule has 0 amide bonds. The highest BCUT2D eigenvalue weighted by molar-refractivity contribution is 9.10. The van der Waals surface area contributed by atoms with Crippen LogP contribution in [-0.4, -0.2) is 13.6 Å². The topological polar surface area (TPSA) is 12.0 Å². The fourth-order valence-corrected chi connectivity index (χ4v) is 1.09. The Morgan fingerprint density at radius 1 is 1.36 bits per heavy atom. The molecule has 0 atom stereocenters. The number of hydrogen-bond donors (Lipinski definition) is 1. The largest absolute Gasteiger partial charge is 0.309 e. The molecule has 0 saturated carbocycles. The van der Waals surface area contributed by atoms with Crippen molar-refractivity contribution >= 4 is 15.9 Å². The zero-order valence-electron chi connectivity index (χ0n) is 7.50. The van der Waals surface area contributed by atoms with Gasteiger partial charge in [0.25, 0.3) is 0 Å². The summed E-state index contributed by atoms with van der Waals surface area (Å²) in [6, 6.07) is 2.38. The lowest BCUT2D eigenvalue weighted by molar-refractivity contribution is 0.571. The van der Waals surface area contributed by atoms with Crippen LogP contribution in [0.3, 0.4) is 0 Å². The van der Waals surface area contributed by atoms with Crippen molar-refractivity contribution in [3.05, 3.63) is 33.8 Å². The van der Waals surface area contributed by atoms with E-state index in [1.54, 1.807) is 7.05 Å². The van der Waals surface area contributed by atoms with E-state index in [0.717, 1.165) is 0 Å². The van der Waals surface area contributed by atoms with Gasteiger partial charge in [0.2, 0.25) is 0 Å². The van der Waals surface area contributed by atoms with Gasteiger partial charge >= 0.3 is 0 Å². The lowest BCUT2D eigenvalue weighted by atomic mass is 10.2. The number of hydrogen-bond acceptors (Lipinski definition) is 1. The van der Waals surface area contributed by atoms with Gasteiger partial charge < -0.3 is 5.32 Å². The van der Waals surface area contributed by atoms with Gasteiger partial charge in [0.15, 0.2) is 0 Å². The molecule has 0 aliphatic carbocycles. The first-order chi connectivity index (χ1) is 6.65. The van der Waals surface area contributed by atoms with Crippen LogP contribution in [0, 0.1) is 23.5 Å². The van der Waals surface area contributed by atoms with Gasteiger partial charge in [-0.3, -0.25) is 0 Å². The molecule has 0 fully saturated rings. The van der Waals surface area contributed by atoms with Crippen molar-refractivity contribution in [2.45, 2.75) is 0 Å². The van der Waals surface area contributed by atoms with Crippen molar-refractivity contribution in [1.29, 1.82) is 0 Å². The van der Waals surface area contributed by atoms with E-state index in [0.29, 0.717) is 12.1 Å². The Labute approximate surface area is 89.6 Å².